The normalized spacial score (nSPS) is 17.8. The minimum Gasteiger partial charge on any atom is -0.457 e. The number of furan rings is 1. The van der Waals surface area contributed by atoms with Crippen LogP contribution in [0, 0.1) is 0 Å². The van der Waals surface area contributed by atoms with Gasteiger partial charge in [-0.05, 0) is 56.4 Å². The smallest absolute Gasteiger partial charge is 0.256 e. The van der Waals surface area contributed by atoms with Gasteiger partial charge < -0.3 is 19.5 Å². The molecule has 2 aliphatic rings. The Morgan fingerprint density at radius 2 is 1.88 bits per heavy atom. The van der Waals surface area contributed by atoms with E-state index in [2.05, 4.69) is 17.3 Å². The maximum Gasteiger partial charge on any atom is 0.256 e. The van der Waals surface area contributed by atoms with Crippen LogP contribution in [-0.4, -0.2) is 54.8 Å². The third-order valence-corrected chi connectivity index (χ3v) is 6.02. The van der Waals surface area contributed by atoms with Crippen molar-refractivity contribution in [2.75, 3.05) is 38.5 Å². The summed E-state index contributed by atoms with van der Waals surface area (Å²) in [6, 6.07) is 18.9. The van der Waals surface area contributed by atoms with Crippen LogP contribution in [0.4, 0.5) is 5.69 Å². The monoisotopic (exact) mass is 427 g/mol. The molecule has 2 amide bonds. The lowest BCUT2D eigenvalue weighted by Crippen LogP contribution is -2.34. The van der Waals surface area contributed by atoms with Crippen LogP contribution < -0.4 is 5.32 Å². The number of nitrogens with one attached hydrogen (secondary N) is 1. The molecule has 0 bridgehead atoms. The molecule has 0 spiro atoms. The zero-order chi connectivity index (χ0) is 22.1. The predicted octanol–water partition coefficient (Wildman–Crippen LogP) is 4.22. The molecule has 0 saturated carbocycles. The summed E-state index contributed by atoms with van der Waals surface area (Å²) in [7, 11) is 2.09. The molecular formula is C26H25N3O3. The maximum absolute atomic E-state index is 13.1. The Morgan fingerprint density at radius 3 is 2.78 bits per heavy atom. The van der Waals surface area contributed by atoms with Gasteiger partial charge in [-0.25, -0.2) is 0 Å². The minimum atomic E-state index is -0.139. The highest BCUT2D eigenvalue weighted by Crippen LogP contribution is 2.33. The van der Waals surface area contributed by atoms with Gasteiger partial charge in [-0.1, -0.05) is 30.3 Å². The summed E-state index contributed by atoms with van der Waals surface area (Å²) in [5, 5.41) is 2.87. The van der Waals surface area contributed by atoms with Crippen LogP contribution >= 0.6 is 0 Å². The molecule has 0 unspecified atom stereocenters. The highest BCUT2D eigenvalue weighted by Gasteiger charge is 2.24. The topological polar surface area (TPSA) is 65.8 Å². The average Bonchev–Trinajstić information content (AvgIpc) is 3.33. The molecule has 2 aromatic carbocycles. The van der Waals surface area contributed by atoms with Gasteiger partial charge in [0.1, 0.15) is 11.5 Å². The van der Waals surface area contributed by atoms with Gasteiger partial charge in [-0.2, -0.15) is 0 Å². The fraction of sp³-hybridized carbons (Fsp3) is 0.231. The van der Waals surface area contributed by atoms with Crippen molar-refractivity contribution in [3.8, 4) is 11.3 Å². The first-order chi connectivity index (χ1) is 15.6. The molecule has 1 saturated heterocycles. The van der Waals surface area contributed by atoms with E-state index < -0.39 is 0 Å². The fourth-order valence-electron chi connectivity index (χ4n) is 4.25. The number of para-hydroxylation sites is 1. The average molecular weight is 428 g/mol. The van der Waals surface area contributed by atoms with Crippen molar-refractivity contribution < 1.29 is 14.0 Å². The van der Waals surface area contributed by atoms with Crippen molar-refractivity contribution in [2.24, 2.45) is 0 Å². The van der Waals surface area contributed by atoms with Crippen molar-refractivity contribution in [3.63, 3.8) is 0 Å². The predicted molar refractivity (Wildman–Crippen MR) is 125 cm³/mol. The standard InChI is InChI=1S/C26H25N3O3/c1-28-12-5-13-29(15-14-28)26(31)19-7-4-6-18(16-19)24-11-10-20(32-24)17-22-21-8-2-3-9-23(21)27-25(22)30/h2-4,6-11,16-17H,5,12-15H2,1H3,(H,27,30). The second-order valence-electron chi connectivity index (χ2n) is 8.29. The number of nitrogens with zero attached hydrogens (tertiary/aromatic N) is 2. The molecule has 3 heterocycles. The van der Waals surface area contributed by atoms with Gasteiger partial charge in [-0.15, -0.1) is 0 Å². The van der Waals surface area contributed by atoms with Crippen molar-refractivity contribution in [3.05, 3.63) is 77.6 Å². The Balaban J connectivity index is 1.38. The summed E-state index contributed by atoms with van der Waals surface area (Å²) in [5.41, 5.74) is 3.75. The van der Waals surface area contributed by atoms with E-state index in [9.17, 15) is 9.59 Å². The Bertz CT molecular complexity index is 1210. The first-order valence-corrected chi connectivity index (χ1v) is 10.9. The van der Waals surface area contributed by atoms with Gasteiger partial charge in [0.2, 0.25) is 0 Å². The quantitative estimate of drug-likeness (QED) is 0.636. The van der Waals surface area contributed by atoms with E-state index in [4.69, 9.17) is 4.42 Å². The second kappa shape index (κ2) is 8.48. The molecule has 6 heteroatoms. The number of carbonyl (C=O) groups is 2. The summed E-state index contributed by atoms with van der Waals surface area (Å²) in [4.78, 5) is 29.6. The number of rotatable bonds is 3. The highest BCUT2D eigenvalue weighted by molar-refractivity contribution is 6.34. The van der Waals surface area contributed by atoms with E-state index >= 15 is 0 Å². The Labute approximate surface area is 187 Å². The fourth-order valence-corrected chi connectivity index (χ4v) is 4.25. The van der Waals surface area contributed by atoms with E-state index in [0.29, 0.717) is 22.7 Å². The third kappa shape index (κ3) is 3.97. The molecule has 1 aromatic heterocycles. The third-order valence-electron chi connectivity index (χ3n) is 6.02. The Hall–Kier alpha value is -3.64. The number of hydrogen-bond acceptors (Lipinski definition) is 4. The minimum absolute atomic E-state index is 0.0512. The Morgan fingerprint density at radius 1 is 1.00 bits per heavy atom. The number of anilines is 1. The molecular weight excluding hydrogens is 402 g/mol. The van der Waals surface area contributed by atoms with Crippen LogP contribution in [0.1, 0.15) is 28.1 Å². The van der Waals surface area contributed by atoms with E-state index in [1.807, 2.05) is 65.6 Å². The van der Waals surface area contributed by atoms with E-state index in [0.717, 1.165) is 49.4 Å². The highest BCUT2D eigenvalue weighted by atomic mass is 16.3. The summed E-state index contributed by atoms with van der Waals surface area (Å²) in [5.74, 6) is 1.16. The molecule has 6 nitrogen and oxygen atoms in total. The lowest BCUT2D eigenvalue weighted by Gasteiger charge is -2.20. The van der Waals surface area contributed by atoms with Crippen LogP contribution in [0.5, 0.6) is 0 Å². The molecule has 0 atom stereocenters. The lowest BCUT2D eigenvalue weighted by molar-refractivity contribution is -0.110. The number of fused-ring (bicyclic) bond motifs is 1. The van der Waals surface area contributed by atoms with Crippen LogP contribution in [0.25, 0.3) is 23.0 Å². The van der Waals surface area contributed by atoms with Gasteiger partial charge in [0, 0.05) is 42.0 Å². The molecule has 3 aromatic rings. The van der Waals surface area contributed by atoms with Crippen molar-refractivity contribution >= 4 is 29.2 Å². The first kappa shape index (κ1) is 20.3. The summed E-state index contributed by atoms with van der Waals surface area (Å²) in [6.07, 6.45) is 2.74. The SMILES string of the molecule is CN1CCCN(C(=O)c2cccc(-c3ccc(C=C4C(=O)Nc5ccccc54)o3)c2)CC1. The van der Waals surface area contributed by atoms with Gasteiger partial charge in [0.15, 0.2) is 0 Å². The van der Waals surface area contributed by atoms with Gasteiger partial charge in [-0.3, -0.25) is 9.59 Å². The number of carbonyl (C=O) groups excluding carboxylic acids is 2. The van der Waals surface area contributed by atoms with Crippen molar-refractivity contribution in [1.82, 2.24) is 9.80 Å². The summed E-state index contributed by atoms with van der Waals surface area (Å²) >= 11 is 0. The van der Waals surface area contributed by atoms with Crippen molar-refractivity contribution in [1.29, 1.82) is 0 Å². The maximum atomic E-state index is 13.1. The molecule has 1 fully saturated rings. The second-order valence-corrected chi connectivity index (χ2v) is 8.29. The van der Waals surface area contributed by atoms with Gasteiger partial charge in [0.25, 0.3) is 11.8 Å². The largest absolute Gasteiger partial charge is 0.457 e. The van der Waals surface area contributed by atoms with Crippen LogP contribution in [0.15, 0.2) is 65.1 Å². The van der Waals surface area contributed by atoms with Crippen LogP contribution in [-0.2, 0) is 4.79 Å². The van der Waals surface area contributed by atoms with Gasteiger partial charge >= 0.3 is 0 Å². The summed E-state index contributed by atoms with van der Waals surface area (Å²) < 4.78 is 6.02. The Kier molecular flexibility index (Phi) is 5.37. The molecule has 5 rings (SSSR count). The van der Waals surface area contributed by atoms with E-state index in [1.165, 1.54) is 0 Å². The lowest BCUT2D eigenvalue weighted by atomic mass is 10.1. The molecule has 0 radical (unpaired) electrons. The molecule has 32 heavy (non-hydrogen) atoms. The number of amides is 2. The van der Waals surface area contributed by atoms with E-state index in [-0.39, 0.29) is 11.8 Å². The summed E-state index contributed by atoms with van der Waals surface area (Å²) in [6.45, 7) is 3.41. The molecule has 162 valence electrons. The van der Waals surface area contributed by atoms with Crippen LogP contribution in [0.3, 0.4) is 0 Å². The van der Waals surface area contributed by atoms with E-state index in [1.54, 1.807) is 6.08 Å². The van der Waals surface area contributed by atoms with Crippen LogP contribution in [0.2, 0.25) is 0 Å². The van der Waals surface area contributed by atoms with Crippen molar-refractivity contribution in [2.45, 2.75) is 6.42 Å². The number of likely N-dealkylation sites (N-methyl/N-ethyl adjacent to an activating group) is 1. The molecule has 1 N–H and O–H groups in total. The first-order valence-electron chi connectivity index (χ1n) is 10.9. The number of hydrogen-bond donors (Lipinski definition) is 1. The molecule has 2 aliphatic heterocycles. The molecule has 0 aliphatic carbocycles. The zero-order valence-electron chi connectivity index (χ0n) is 18.0. The van der Waals surface area contributed by atoms with Gasteiger partial charge in [0.05, 0.1) is 5.57 Å². The zero-order valence-corrected chi connectivity index (χ0v) is 18.0. The number of benzene rings is 2.